The summed E-state index contributed by atoms with van der Waals surface area (Å²) in [5, 5.41) is 8.29. The fraction of sp³-hybridized carbons (Fsp3) is 0.643. The van der Waals surface area contributed by atoms with Gasteiger partial charge in [0, 0.05) is 31.4 Å². The molecule has 0 unspecified atom stereocenters. The topological polar surface area (TPSA) is 69.2 Å². The van der Waals surface area contributed by atoms with Crippen LogP contribution < -0.4 is 0 Å². The molecule has 2 aliphatic rings. The Hall–Kier alpha value is -1.73. The Morgan fingerprint density at radius 2 is 2.29 bits per heavy atom. The van der Waals surface area contributed by atoms with Crippen LogP contribution in [0.3, 0.4) is 0 Å². The van der Waals surface area contributed by atoms with E-state index in [2.05, 4.69) is 20.1 Å². The van der Waals surface area contributed by atoms with Gasteiger partial charge in [0.05, 0.1) is 25.8 Å². The van der Waals surface area contributed by atoms with E-state index in [9.17, 15) is 0 Å². The van der Waals surface area contributed by atoms with E-state index in [1.165, 1.54) is 12.8 Å². The van der Waals surface area contributed by atoms with Gasteiger partial charge in [-0.1, -0.05) is 5.16 Å². The molecule has 1 aliphatic heterocycles. The summed E-state index contributed by atoms with van der Waals surface area (Å²) in [6.45, 7) is 3.98. The average molecular weight is 289 g/mol. The van der Waals surface area contributed by atoms with Crippen molar-refractivity contribution in [3.8, 4) is 0 Å². The molecule has 3 heterocycles. The fourth-order valence-corrected chi connectivity index (χ4v) is 2.68. The van der Waals surface area contributed by atoms with Gasteiger partial charge in [0.15, 0.2) is 5.82 Å². The Morgan fingerprint density at radius 1 is 1.33 bits per heavy atom. The maximum atomic E-state index is 5.80. The lowest BCUT2D eigenvalue weighted by Gasteiger charge is -2.31. The molecule has 0 N–H and O–H groups in total. The second kappa shape index (κ2) is 5.57. The molecule has 1 saturated heterocycles. The summed E-state index contributed by atoms with van der Waals surface area (Å²) in [4.78, 5) is 6.80. The molecule has 0 bridgehead atoms. The molecule has 112 valence electrons. The van der Waals surface area contributed by atoms with Crippen molar-refractivity contribution in [1.82, 2.24) is 24.8 Å². The molecule has 1 saturated carbocycles. The van der Waals surface area contributed by atoms with Crippen LogP contribution in [0.1, 0.15) is 30.5 Å². The molecular weight excluding hydrogens is 270 g/mol. The van der Waals surface area contributed by atoms with Gasteiger partial charge >= 0.3 is 0 Å². The van der Waals surface area contributed by atoms with Crippen LogP contribution in [0.2, 0.25) is 0 Å². The van der Waals surface area contributed by atoms with Crippen LogP contribution in [0.15, 0.2) is 23.0 Å². The molecule has 0 amide bonds. The lowest BCUT2D eigenvalue weighted by molar-refractivity contribution is -0.0426. The molecule has 2 aromatic rings. The van der Waals surface area contributed by atoms with Crippen molar-refractivity contribution in [2.24, 2.45) is 0 Å². The highest BCUT2D eigenvalue weighted by molar-refractivity contribution is 5.03. The van der Waals surface area contributed by atoms with E-state index in [0.29, 0.717) is 12.5 Å². The highest BCUT2D eigenvalue weighted by Gasteiger charge is 2.29. The molecule has 0 spiro atoms. The first-order valence-electron chi connectivity index (χ1n) is 7.51. The molecule has 7 heteroatoms. The quantitative estimate of drug-likeness (QED) is 0.819. The standard InChI is InChI=1S/C14H19N5O2/c1-4-15-19(5-1)9-12-8-18(6-7-20-12)10-13-16-14(17-21-13)11-2-3-11/h1,4-5,11-12H,2-3,6-10H2/t12-/m0/s1. The Morgan fingerprint density at radius 3 is 3.10 bits per heavy atom. The van der Waals surface area contributed by atoms with Crippen molar-refractivity contribution in [2.75, 3.05) is 19.7 Å². The zero-order valence-corrected chi connectivity index (χ0v) is 11.9. The lowest BCUT2D eigenvalue weighted by atomic mass is 10.2. The number of ether oxygens (including phenoxy) is 1. The van der Waals surface area contributed by atoms with Crippen LogP contribution in [0.4, 0.5) is 0 Å². The lowest BCUT2D eigenvalue weighted by Crippen LogP contribution is -2.43. The van der Waals surface area contributed by atoms with Crippen molar-refractivity contribution in [3.05, 3.63) is 30.2 Å². The second-order valence-electron chi connectivity index (χ2n) is 5.78. The van der Waals surface area contributed by atoms with Gasteiger partial charge in [0.1, 0.15) is 0 Å². The predicted octanol–water partition coefficient (Wildman–Crippen LogP) is 1.04. The largest absolute Gasteiger partial charge is 0.374 e. The third kappa shape index (κ3) is 3.14. The molecule has 2 fully saturated rings. The van der Waals surface area contributed by atoms with Crippen LogP contribution in [0.25, 0.3) is 0 Å². The fourth-order valence-electron chi connectivity index (χ4n) is 2.68. The van der Waals surface area contributed by atoms with Gasteiger partial charge in [0.2, 0.25) is 5.89 Å². The molecular formula is C14H19N5O2. The zero-order chi connectivity index (χ0) is 14.1. The summed E-state index contributed by atoms with van der Waals surface area (Å²) in [6, 6.07) is 1.93. The van der Waals surface area contributed by atoms with Crippen LogP contribution in [0, 0.1) is 0 Å². The van der Waals surface area contributed by atoms with Gasteiger partial charge in [-0.15, -0.1) is 0 Å². The summed E-state index contributed by atoms with van der Waals surface area (Å²) in [7, 11) is 0. The first-order chi connectivity index (χ1) is 10.4. The number of hydrogen-bond donors (Lipinski definition) is 0. The van der Waals surface area contributed by atoms with E-state index < -0.39 is 0 Å². The van der Waals surface area contributed by atoms with Gasteiger partial charge < -0.3 is 9.26 Å². The normalized spacial score (nSPS) is 23.5. The number of nitrogens with zero attached hydrogens (tertiary/aromatic N) is 5. The summed E-state index contributed by atoms with van der Waals surface area (Å²) in [6.07, 6.45) is 6.30. The van der Waals surface area contributed by atoms with Crippen molar-refractivity contribution in [2.45, 2.75) is 38.0 Å². The Kier molecular flexibility index (Phi) is 3.44. The summed E-state index contributed by atoms with van der Waals surface area (Å²) in [5.41, 5.74) is 0. The highest BCUT2D eigenvalue weighted by Crippen LogP contribution is 2.38. The maximum Gasteiger partial charge on any atom is 0.240 e. The van der Waals surface area contributed by atoms with Crippen molar-refractivity contribution >= 4 is 0 Å². The van der Waals surface area contributed by atoms with Crippen LogP contribution in [-0.2, 0) is 17.8 Å². The molecule has 0 aromatic carbocycles. The van der Waals surface area contributed by atoms with E-state index in [0.717, 1.165) is 38.0 Å². The van der Waals surface area contributed by atoms with Gasteiger partial charge in [-0.2, -0.15) is 10.1 Å². The predicted molar refractivity (Wildman–Crippen MR) is 73.5 cm³/mol. The van der Waals surface area contributed by atoms with E-state index in [-0.39, 0.29) is 6.10 Å². The summed E-state index contributed by atoms with van der Waals surface area (Å²) >= 11 is 0. The first-order valence-corrected chi connectivity index (χ1v) is 7.51. The zero-order valence-electron chi connectivity index (χ0n) is 11.9. The molecule has 1 aliphatic carbocycles. The van der Waals surface area contributed by atoms with Crippen molar-refractivity contribution in [1.29, 1.82) is 0 Å². The van der Waals surface area contributed by atoms with Crippen molar-refractivity contribution < 1.29 is 9.26 Å². The molecule has 0 radical (unpaired) electrons. The SMILES string of the molecule is c1cnn(C[C@@H]2CN(Cc3nc(C4CC4)no3)CCO2)c1. The van der Waals surface area contributed by atoms with E-state index >= 15 is 0 Å². The molecule has 7 nitrogen and oxygen atoms in total. The molecule has 1 atom stereocenters. The van der Waals surface area contributed by atoms with E-state index in [4.69, 9.17) is 9.26 Å². The number of aromatic nitrogens is 4. The van der Waals surface area contributed by atoms with E-state index in [1.807, 2.05) is 16.9 Å². The third-order valence-corrected chi connectivity index (χ3v) is 3.96. The van der Waals surface area contributed by atoms with Crippen LogP contribution >= 0.6 is 0 Å². The molecule has 2 aromatic heterocycles. The Balaban J connectivity index is 1.33. The van der Waals surface area contributed by atoms with Gasteiger partial charge in [-0.05, 0) is 18.9 Å². The number of hydrogen-bond acceptors (Lipinski definition) is 6. The summed E-state index contributed by atoms with van der Waals surface area (Å²) in [5.74, 6) is 2.14. The third-order valence-electron chi connectivity index (χ3n) is 3.96. The van der Waals surface area contributed by atoms with Crippen LogP contribution in [-0.4, -0.2) is 50.6 Å². The number of rotatable bonds is 5. The Labute approximate surface area is 122 Å². The minimum Gasteiger partial charge on any atom is -0.374 e. The summed E-state index contributed by atoms with van der Waals surface area (Å²) < 4.78 is 13.1. The minimum atomic E-state index is 0.157. The smallest absolute Gasteiger partial charge is 0.240 e. The highest BCUT2D eigenvalue weighted by atomic mass is 16.5. The maximum absolute atomic E-state index is 5.80. The van der Waals surface area contributed by atoms with Gasteiger partial charge in [0.25, 0.3) is 0 Å². The first kappa shape index (κ1) is 13.0. The van der Waals surface area contributed by atoms with Crippen LogP contribution in [0.5, 0.6) is 0 Å². The van der Waals surface area contributed by atoms with Crippen molar-refractivity contribution in [3.63, 3.8) is 0 Å². The van der Waals surface area contributed by atoms with Gasteiger partial charge in [-0.3, -0.25) is 9.58 Å². The number of morpholine rings is 1. The Bertz CT molecular complexity index is 578. The average Bonchev–Trinajstić information content (AvgIpc) is 3.02. The van der Waals surface area contributed by atoms with E-state index in [1.54, 1.807) is 6.20 Å². The monoisotopic (exact) mass is 289 g/mol. The second-order valence-corrected chi connectivity index (χ2v) is 5.78. The molecule has 4 rings (SSSR count). The minimum absolute atomic E-state index is 0.157. The van der Waals surface area contributed by atoms with Gasteiger partial charge in [-0.25, -0.2) is 0 Å². The molecule has 21 heavy (non-hydrogen) atoms.